The molecule has 0 radical (unpaired) electrons. The highest BCUT2D eigenvalue weighted by molar-refractivity contribution is 6.30. The monoisotopic (exact) mass is 283 g/mol. The van der Waals surface area contributed by atoms with Crippen LogP contribution in [0.1, 0.15) is 27.9 Å². The van der Waals surface area contributed by atoms with Crippen molar-refractivity contribution < 1.29 is 18.3 Å². The van der Waals surface area contributed by atoms with Crippen LogP contribution in [0.4, 0.5) is 4.39 Å². The van der Waals surface area contributed by atoms with Crippen molar-refractivity contribution in [1.29, 1.82) is 0 Å². The van der Waals surface area contributed by atoms with Crippen LogP contribution in [0.5, 0.6) is 0 Å². The van der Waals surface area contributed by atoms with Crippen molar-refractivity contribution in [3.8, 4) is 0 Å². The van der Waals surface area contributed by atoms with Crippen molar-refractivity contribution in [3.63, 3.8) is 0 Å². The van der Waals surface area contributed by atoms with Crippen molar-refractivity contribution in [1.82, 2.24) is 0 Å². The molecule has 1 unspecified atom stereocenters. The molecule has 0 bridgehead atoms. The fourth-order valence-corrected chi connectivity index (χ4v) is 1.79. The number of carbonyl (C=O) groups is 1. The number of benzene rings is 1. The molecule has 1 aromatic heterocycles. The van der Waals surface area contributed by atoms with Crippen LogP contribution in [0, 0.1) is 5.82 Å². The minimum Gasteiger partial charge on any atom is -0.463 e. The van der Waals surface area contributed by atoms with E-state index < -0.39 is 17.8 Å². The number of methoxy groups -OCH3 is 1. The highest BCUT2D eigenvalue weighted by Crippen LogP contribution is 2.25. The Balaban J connectivity index is 2.28. The zero-order chi connectivity index (χ0) is 14.0. The molecule has 0 fully saturated rings. The maximum Gasteiger partial charge on any atom is 0.373 e. The van der Waals surface area contributed by atoms with Gasteiger partial charge in [-0.05, 0) is 29.8 Å². The standard InChI is InChI=1S/C13H11ClFNO3/c1-18-13(17)11-5-4-10(19-11)12(16)7-2-3-9(15)8(14)6-7/h2-6,12H,16H2,1H3. The SMILES string of the molecule is COC(=O)c1ccc(C(N)c2ccc(F)c(Cl)c2)o1. The summed E-state index contributed by atoms with van der Waals surface area (Å²) in [6.45, 7) is 0. The van der Waals surface area contributed by atoms with Gasteiger partial charge in [-0.1, -0.05) is 17.7 Å². The summed E-state index contributed by atoms with van der Waals surface area (Å²) in [6, 6.07) is 6.53. The van der Waals surface area contributed by atoms with Crippen molar-refractivity contribution >= 4 is 17.6 Å². The van der Waals surface area contributed by atoms with Gasteiger partial charge in [0.05, 0.1) is 18.2 Å². The molecule has 1 atom stereocenters. The van der Waals surface area contributed by atoms with Gasteiger partial charge in [-0.2, -0.15) is 0 Å². The third-order valence-electron chi connectivity index (χ3n) is 2.62. The van der Waals surface area contributed by atoms with Gasteiger partial charge in [0.15, 0.2) is 0 Å². The number of halogens is 2. The summed E-state index contributed by atoms with van der Waals surface area (Å²) in [5, 5.41) is -0.0207. The van der Waals surface area contributed by atoms with E-state index in [1.165, 1.54) is 31.4 Å². The fraction of sp³-hybridized carbons (Fsp3) is 0.154. The first-order valence-electron chi connectivity index (χ1n) is 5.41. The van der Waals surface area contributed by atoms with Gasteiger partial charge in [-0.15, -0.1) is 0 Å². The lowest BCUT2D eigenvalue weighted by Crippen LogP contribution is -2.11. The molecule has 0 spiro atoms. The summed E-state index contributed by atoms with van der Waals surface area (Å²) < 4.78 is 22.9. The molecule has 4 nitrogen and oxygen atoms in total. The molecule has 0 aliphatic rings. The second-order valence-electron chi connectivity index (χ2n) is 3.84. The molecule has 0 saturated heterocycles. The number of esters is 1. The zero-order valence-electron chi connectivity index (χ0n) is 10.0. The molecule has 0 aliphatic carbocycles. The summed E-state index contributed by atoms with van der Waals surface area (Å²) in [5.74, 6) is -0.688. The summed E-state index contributed by atoms with van der Waals surface area (Å²) in [5.41, 5.74) is 6.54. The Hall–Kier alpha value is -1.85. The van der Waals surface area contributed by atoms with Crippen molar-refractivity contribution in [2.75, 3.05) is 7.11 Å². The number of hydrogen-bond acceptors (Lipinski definition) is 4. The molecule has 100 valence electrons. The minimum absolute atomic E-state index is 0.0207. The van der Waals surface area contributed by atoms with Gasteiger partial charge in [-0.25, -0.2) is 9.18 Å². The Labute approximate surface area is 113 Å². The Morgan fingerprint density at radius 3 is 2.79 bits per heavy atom. The number of ether oxygens (including phenoxy) is 1. The van der Waals surface area contributed by atoms with E-state index in [-0.39, 0.29) is 10.8 Å². The Morgan fingerprint density at radius 1 is 1.42 bits per heavy atom. The van der Waals surface area contributed by atoms with Gasteiger partial charge in [-0.3, -0.25) is 0 Å². The predicted octanol–water partition coefficient (Wildman–Crippen LogP) is 2.91. The van der Waals surface area contributed by atoms with E-state index in [4.69, 9.17) is 21.8 Å². The van der Waals surface area contributed by atoms with Crippen LogP contribution in [0.25, 0.3) is 0 Å². The predicted molar refractivity (Wildman–Crippen MR) is 67.5 cm³/mol. The van der Waals surface area contributed by atoms with Gasteiger partial charge >= 0.3 is 5.97 Å². The molecular weight excluding hydrogens is 273 g/mol. The molecule has 6 heteroatoms. The van der Waals surface area contributed by atoms with Crippen LogP contribution in [-0.4, -0.2) is 13.1 Å². The van der Waals surface area contributed by atoms with Crippen LogP contribution < -0.4 is 5.73 Å². The second kappa shape index (κ2) is 5.42. The summed E-state index contributed by atoms with van der Waals surface area (Å²) in [6.07, 6.45) is 0. The first kappa shape index (κ1) is 13.6. The quantitative estimate of drug-likeness (QED) is 0.880. The van der Waals surface area contributed by atoms with E-state index in [9.17, 15) is 9.18 Å². The molecule has 1 heterocycles. The lowest BCUT2D eigenvalue weighted by atomic mass is 10.1. The van der Waals surface area contributed by atoms with Crippen LogP contribution in [0.3, 0.4) is 0 Å². The molecule has 2 rings (SSSR count). The van der Waals surface area contributed by atoms with Crippen LogP contribution in [0.2, 0.25) is 5.02 Å². The number of rotatable bonds is 3. The normalized spacial score (nSPS) is 12.2. The van der Waals surface area contributed by atoms with Crippen molar-refractivity contribution in [2.45, 2.75) is 6.04 Å². The van der Waals surface area contributed by atoms with E-state index in [0.717, 1.165) is 0 Å². The molecule has 0 saturated carbocycles. The van der Waals surface area contributed by atoms with E-state index in [1.807, 2.05) is 0 Å². The highest BCUT2D eigenvalue weighted by Gasteiger charge is 2.17. The molecule has 0 amide bonds. The molecule has 2 N–H and O–H groups in total. The lowest BCUT2D eigenvalue weighted by Gasteiger charge is -2.09. The Bertz CT molecular complexity index is 612. The number of carbonyl (C=O) groups excluding carboxylic acids is 1. The van der Waals surface area contributed by atoms with E-state index >= 15 is 0 Å². The first-order valence-corrected chi connectivity index (χ1v) is 5.79. The second-order valence-corrected chi connectivity index (χ2v) is 4.25. The molecule has 0 aliphatic heterocycles. The fourth-order valence-electron chi connectivity index (χ4n) is 1.60. The molecule has 19 heavy (non-hydrogen) atoms. The van der Waals surface area contributed by atoms with Gasteiger partial charge in [0, 0.05) is 0 Å². The first-order chi connectivity index (χ1) is 9.02. The van der Waals surface area contributed by atoms with Crippen molar-refractivity contribution in [2.24, 2.45) is 5.73 Å². The molecular formula is C13H11ClFNO3. The summed E-state index contributed by atoms with van der Waals surface area (Å²) in [4.78, 5) is 11.3. The number of nitrogens with two attached hydrogens (primary N) is 1. The third-order valence-corrected chi connectivity index (χ3v) is 2.91. The molecule has 2 aromatic rings. The van der Waals surface area contributed by atoms with Gasteiger partial charge in [0.2, 0.25) is 5.76 Å². The lowest BCUT2D eigenvalue weighted by molar-refractivity contribution is 0.0562. The van der Waals surface area contributed by atoms with Crippen LogP contribution >= 0.6 is 11.6 Å². The number of furan rings is 1. The van der Waals surface area contributed by atoms with E-state index in [0.29, 0.717) is 11.3 Å². The smallest absolute Gasteiger partial charge is 0.373 e. The Morgan fingerprint density at radius 2 is 2.16 bits per heavy atom. The van der Waals surface area contributed by atoms with Crippen LogP contribution in [0.15, 0.2) is 34.7 Å². The van der Waals surface area contributed by atoms with Crippen molar-refractivity contribution in [3.05, 3.63) is 58.3 Å². The Kier molecular flexibility index (Phi) is 3.87. The number of hydrogen-bond donors (Lipinski definition) is 1. The van der Waals surface area contributed by atoms with Gasteiger partial charge in [0.1, 0.15) is 11.6 Å². The zero-order valence-corrected chi connectivity index (χ0v) is 10.8. The van der Waals surface area contributed by atoms with E-state index in [2.05, 4.69) is 4.74 Å². The maximum absolute atomic E-state index is 13.1. The third kappa shape index (κ3) is 2.77. The average Bonchev–Trinajstić information content (AvgIpc) is 2.89. The van der Waals surface area contributed by atoms with Gasteiger partial charge in [0.25, 0.3) is 0 Å². The topological polar surface area (TPSA) is 65.5 Å². The van der Waals surface area contributed by atoms with Crippen LogP contribution in [-0.2, 0) is 4.74 Å². The largest absolute Gasteiger partial charge is 0.463 e. The average molecular weight is 284 g/mol. The highest BCUT2D eigenvalue weighted by atomic mass is 35.5. The van der Waals surface area contributed by atoms with E-state index in [1.54, 1.807) is 6.07 Å². The summed E-state index contributed by atoms with van der Waals surface area (Å²) in [7, 11) is 1.25. The minimum atomic E-state index is -0.642. The van der Waals surface area contributed by atoms with Gasteiger partial charge < -0.3 is 14.9 Å². The molecule has 1 aromatic carbocycles. The maximum atomic E-state index is 13.1. The summed E-state index contributed by atoms with van der Waals surface area (Å²) >= 11 is 5.69.